The lowest BCUT2D eigenvalue weighted by Crippen LogP contribution is -2.33. The molecule has 4 aromatic rings. The molecule has 0 aliphatic carbocycles. The van der Waals surface area contributed by atoms with Crippen LogP contribution in [0.1, 0.15) is 22.1 Å². The third-order valence-corrected chi connectivity index (χ3v) is 6.51. The Morgan fingerprint density at radius 1 is 1.19 bits per heavy atom. The maximum atomic E-state index is 13.4. The van der Waals surface area contributed by atoms with Crippen LogP contribution >= 0.6 is 11.3 Å². The van der Waals surface area contributed by atoms with E-state index in [-0.39, 0.29) is 22.9 Å². The number of imidazole rings is 1. The van der Waals surface area contributed by atoms with Crippen LogP contribution in [0.5, 0.6) is 17.4 Å². The number of H-pyrrole nitrogens is 1. The zero-order chi connectivity index (χ0) is 25.9. The van der Waals surface area contributed by atoms with Gasteiger partial charge in [0.1, 0.15) is 24.9 Å². The third kappa shape index (κ3) is 4.91. The number of methoxy groups -OCH3 is 1. The van der Waals surface area contributed by atoms with Crippen molar-refractivity contribution in [1.29, 1.82) is 0 Å². The van der Waals surface area contributed by atoms with Gasteiger partial charge in [0.2, 0.25) is 11.8 Å². The lowest BCUT2D eigenvalue weighted by Gasteiger charge is -2.19. The number of benzene rings is 2. The van der Waals surface area contributed by atoms with Crippen molar-refractivity contribution in [1.82, 2.24) is 14.5 Å². The van der Waals surface area contributed by atoms with Crippen LogP contribution in [0.4, 0.5) is 5.13 Å². The first kappa shape index (κ1) is 24.1. The van der Waals surface area contributed by atoms with Gasteiger partial charge in [-0.05, 0) is 23.8 Å². The number of esters is 1. The standard InChI is InChI=1S/C25H22N4O7S/c1-34-23(32)16-13-37-24(26-16)28-21(30)17(11-14-5-3-2-4-6-14)29-22(31)20(27-25(29)33)15-7-8-18-19(12-15)36-10-9-35-18/h2-8,12-13,17,31H,9-11H2,1H3,(H,27,33)(H,26,28,30)/t17-/m0/s1. The minimum atomic E-state index is -1.14. The summed E-state index contributed by atoms with van der Waals surface area (Å²) in [5, 5.41) is 15.4. The van der Waals surface area contributed by atoms with E-state index in [2.05, 4.69) is 20.0 Å². The second-order valence-corrected chi connectivity index (χ2v) is 8.94. The number of hydrogen-bond donors (Lipinski definition) is 3. The fourth-order valence-electron chi connectivity index (χ4n) is 3.99. The number of fused-ring (bicyclic) bond motifs is 1. The lowest BCUT2D eigenvalue weighted by atomic mass is 10.0. The van der Waals surface area contributed by atoms with Gasteiger partial charge < -0.3 is 29.6 Å². The summed E-state index contributed by atoms with van der Waals surface area (Å²) in [6.07, 6.45) is 0.105. The Morgan fingerprint density at radius 3 is 2.70 bits per heavy atom. The number of aromatic hydroxyl groups is 1. The van der Waals surface area contributed by atoms with Gasteiger partial charge in [0.15, 0.2) is 22.3 Å². The zero-order valence-corrected chi connectivity index (χ0v) is 20.4. The predicted molar refractivity (Wildman–Crippen MR) is 134 cm³/mol. The summed E-state index contributed by atoms with van der Waals surface area (Å²) in [6.45, 7) is 0.815. The molecule has 0 spiro atoms. The number of ether oxygens (including phenoxy) is 3. The van der Waals surface area contributed by atoms with Gasteiger partial charge in [-0.25, -0.2) is 19.1 Å². The Hall–Kier alpha value is -4.58. The topological polar surface area (TPSA) is 145 Å². The minimum absolute atomic E-state index is 0.0463. The number of aromatic nitrogens is 3. The van der Waals surface area contributed by atoms with Gasteiger partial charge in [-0.3, -0.25) is 4.79 Å². The Morgan fingerprint density at radius 2 is 1.95 bits per heavy atom. The summed E-state index contributed by atoms with van der Waals surface area (Å²) in [5.74, 6) is -0.596. The van der Waals surface area contributed by atoms with E-state index in [1.807, 2.05) is 30.3 Å². The van der Waals surface area contributed by atoms with E-state index in [0.29, 0.717) is 30.3 Å². The number of rotatable bonds is 7. The molecule has 1 amide bonds. The lowest BCUT2D eigenvalue weighted by molar-refractivity contribution is -0.119. The summed E-state index contributed by atoms with van der Waals surface area (Å²) in [4.78, 5) is 45.0. The highest BCUT2D eigenvalue weighted by molar-refractivity contribution is 7.14. The molecule has 12 heteroatoms. The minimum Gasteiger partial charge on any atom is -0.493 e. The Balaban J connectivity index is 1.50. The van der Waals surface area contributed by atoms with Gasteiger partial charge in [-0.1, -0.05) is 30.3 Å². The molecule has 0 saturated carbocycles. The van der Waals surface area contributed by atoms with Crippen LogP contribution in [0.2, 0.25) is 0 Å². The van der Waals surface area contributed by atoms with Crippen LogP contribution in [0.3, 0.4) is 0 Å². The van der Waals surface area contributed by atoms with Crippen molar-refractivity contribution in [2.24, 2.45) is 0 Å². The molecule has 3 N–H and O–H groups in total. The molecule has 0 saturated heterocycles. The quantitative estimate of drug-likeness (QED) is 0.314. The van der Waals surface area contributed by atoms with E-state index in [1.54, 1.807) is 18.2 Å². The highest BCUT2D eigenvalue weighted by Gasteiger charge is 2.29. The average Bonchev–Trinajstić information content (AvgIpc) is 3.50. The first-order valence-electron chi connectivity index (χ1n) is 11.3. The van der Waals surface area contributed by atoms with Crippen molar-refractivity contribution in [3.8, 4) is 28.6 Å². The Labute approximate surface area is 214 Å². The van der Waals surface area contributed by atoms with Crippen molar-refractivity contribution >= 4 is 28.3 Å². The Kier molecular flexibility index (Phi) is 6.64. The second-order valence-electron chi connectivity index (χ2n) is 8.08. The Bertz CT molecular complexity index is 1510. The van der Waals surface area contributed by atoms with E-state index >= 15 is 0 Å². The zero-order valence-electron chi connectivity index (χ0n) is 19.6. The fourth-order valence-corrected chi connectivity index (χ4v) is 4.67. The van der Waals surface area contributed by atoms with Gasteiger partial charge in [0.25, 0.3) is 0 Å². The highest BCUT2D eigenvalue weighted by atomic mass is 32.1. The maximum Gasteiger partial charge on any atom is 0.357 e. The smallest absolute Gasteiger partial charge is 0.357 e. The molecule has 5 rings (SSSR count). The number of nitrogens with one attached hydrogen (secondary N) is 2. The van der Waals surface area contributed by atoms with Gasteiger partial charge in [0, 0.05) is 17.4 Å². The van der Waals surface area contributed by atoms with Crippen LogP contribution in [-0.2, 0) is 16.0 Å². The summed E-state index contributed by atoms with van der Waals surface area (Å²) < 4.78 is 16.8. The number of carbonyl (C=O) groups is 2. The summed E-state index contributed by atoms with van der Waals surface area (Å²) in [7, 11) is 1.23. The average molecular weight is 523 g/mol. The molecule has 37 heavy (non-hydrogen) atoms. The molecule has 3 heterocycles. The molecule has 0 radical (unpaired) electrons. The number of hydrogen-bond acceptors (Lipinski definition) is 9. The monoisotopic (exact) mass is 522 g/mol. The van der Waals surface area contributed by atoms with Gasteiger partial charge in [-0.15, -0.1) is 11.3 Å². The molecule has 0 bridgehead atoms. The normalized spacial score (nSPS) is 13.1. The van der Waals surface area contributed by atoms with Gasteiger partial charge in [0.05, 0.1) is 7.11 Å². The molecule has 190 valence electrons. The van der Waals surface area contributed by atoms with Gasteiger partial charge in [-0.2, -0.15) is 0 Å². The SMILES string of the molecule is COC(=O)c1csc(NC(=O)[C@H](Cc2ccccc2)n2c(O)c(-c3ccc4c(c3)OCCO4)[nH]c2=O)n1. The van der Waals surface area contributed by atoms with Crippen molar-refractivity contribution in [2.75, 3.05) is 25.6 Å². The number of thiazole rings is 1. The molecule has 2 aromatic carbocycles. The first-order chi connectivity index (χ1) is 17.9. The maximum absolute atomic E-state index is 13.4. The molecule has 1 aliphatic rings. The van der Waals surface area contributed by atoms with E-state index in [1.165, 1.54) is 12.5 Å². The number of nitrogens with zero attached hydrogens (tertiary/aromatic N) is 2. The summed E-state index contributed by atoms with van der Waals surface area (Å²) in [6, 6.07) is 13.0. The largest absolute Gasteiger partial charge is 0.493 e. The van der Waals surface area contributed by atoms with E-state index in [0.717, 1.165) is 21.5 Å². The number of aromatic amines is 1. The van der Waals surface area contributed by atoms with Crippen LogP contribution in [0.15, 0.2) is 58.7 Å². The van der Waals surface area contributed by atoms with Crippen LogP contribution in [0.25, 0.3) is 11.3 Å². The molecule has 0 fully saturated rings. The van der Waals surface area contributed by atoms with Crippen LogP contribution in [-0.4, -0.2) is 51.8 Å². The molecule has 0 unspecified atom stereocenters. The van der Waals surface area contributed by atoms with E-state index < -0.39 is 29.5 Å². The van der Waals surface area contributed by atoms with Crippen LogP contribution in [0, 0.1) is 0 Å². The second kappa shape index (κ2) is 10.2. The third-order valence-electron chi connectivity index (χ3n) is 5.75. The number of carbonyl (C=O) groups excluding carboxylic acids is 2. The summed E-state index contributed by atoms with van der Waals surface area (Å²) >= 11 is 1.04. The van der Waals surface area contributed by atoms with Crippen molar-refractivity contribution in [2.45, 2.75) is 12.5 Å². The van der Waals surface area contributed by atoms with E-state index in [9.17, 15) is 19.5 Å². The highest BCUT2D eigenvalue weighted by Crippen LogP contribution is 2.37. The molecule has 11 nitrogen and oxygen atoms in total. The van der Waals surface area contributed by atoms with Crippen LogP contribution < -0.4 is 20.5 Å². The molecule has 1 aliphatic heterocycles. The molecular formula is C25H22N4O7S. The van der Waals surface area contributed by atoms with E-state index in [4.69, 9.17) is 9.47 Å². The van der Waals surface area contributed by atoms with Crippen molar-refractivity contribution in [3.05, 3.63) is 75.7 Å². The molecule has 2 aromatic heterocycles. The first-order valence-corrected chi connectivity index (χ1v) is 12.1. The van der Waals surface area contributed by atoms with Gasteiger partial charge >= 0.3 is 11.7 Å². The van der Waals surface area contributed by atoms with Crippen molar-refractivity contribution in [3.63, 3.8) is 0 Å². The van der Waals surface area contributed by atoms with Crippen molar-refractivity contribution < 1.29 is 28.9 Å². The predicted octanol–water partition coefficient (Wildman–Crippen LogP) is 2.99. The fraction of sp³-hybridized carbons (Fsp3) is 0.200. The number of anilines is 1. The molecular weight excluding hydrogens is 500 g/mol. The summed E-state index contributed by atoms with van der Waals surface area (Å²) in [5.41, 5.74) is 0.761. The number of amides is 1. The molecule has 1 atom stereocenters.